The summed E-state index contributed by atoms with van der Waals surface area (Å²) in [6.45, 7) is 0. The minimum absolute atomic E-state index is 0.0962. The van der Waals surface area contributed by atoms with Crippen LogP contribution in [0.25, 0.3) is 23.0 Å². The number of para-hydroxylation sites is 2. The molecule has 0 bridgehead atoms. The van der Waals surface area contributed by atoms with Crippen LogP contribution in [0.5, 0.6) is 0 Å². The van der Waals surface area contributed by atoms with E-state index in [1.165, 1.54) is 0 Å². The van der Waals surface area contributed by atoms with Crippen molar-refractivity contribution in [1.82, 2.24) is 0 Å². The van der Waals surface area contributed by atoms with Gasteiger partial charge in [0.2, 0.25) is 0 Å². The standard InChI is InChI=1S/C25H15Cl2NO2/c26-21-11-6-10-19(24(21)27)23-14-13-17(30-23)15-20-18-9-4-5-12-22(18)28(25(20)29)16-7-2-1-3-8-16/h1-15H/b20-15+. The zero-order chi connectivity index (χ0) is 20.7. The molecule has 0 unspecified atom stereocenters. The normalized spacial score (nSPS) is 14.4. The molecule has 0 saturated heterocycles. The predicted molar refractivity (Wildman–Crippen MR) is 122 cm³/mol. The monoisotopic (exact) mass is 431 g/mol. The van der Waals surface area contributed by atoms with Crippen molar-refractivity contribution in [2.75, 3.05) is 4.90 Å². The average Bonchev–Trinajstić information content (AvgIpc) is 3.34. The molecule has 1 amide bonds. The predicted octanol–water partition coefficient (Wildman–Crippen LogP) is 7.47. The van der Waals surface area contributed by atoms with Gasteiger partial charge < -0.3 is 4.42 Å². The molecule has 0 saturated carbocycles. The summed E-state index contributed by atoms with van der Waals surface area (Å²) in [4.78, 5) is 15.0. The number of hydrogen-bond donors (Lipinski definition) is 0. The molecular weight excluding hydrogens is 417 g/mol. The Morgan fingerprint density at radius 2 is 1.50 bits per heavy atom. The Labute approximate surface area is 183 Å². The summed E-state index contributed by atoms with van der Waals surface area (Å²) < 4.78 is 5.98. The summed E-state index contributed by atoms with van der Waals surface area (Å²) in [6, 6.07) is 26.4. The molecule has 0 spiro atoms. The Bertz CT molecular complexity index is 1290. The number of furan rings is 1. The third kappa shape index (κ3) is 3.13. The first-order valence-electron chi connectivity index (χ1n) is 9.38. The van der Waals surface area contributed by atoms with Crippen molar-refractivity contribution < 1.29 is 9.21 Å². The zero-order valence-corrected chi connectivity index (χ0v) is 17.2. The summed E-state index contributed by atoms with van der Waals surface area (Å²) in [5, 5.41) is 0.897. The molecule has 5 rings (SSSR count). The molecule has 0 radical (unpaired) electrons. The molecule has 3 aromatic carbocycles. The highest BCUT2D eigenvalue weighted by atomic mass is 35.5. The van der Waals surface area contributed by atoms with Crippen molar-refractivity contribution in [3.63, 3.8) is 0 Å². The van der Waals surface area contributed by atoms with Crippen molar-refractivity contribution >= 4 is 52.1 Å². The number of fused-ring (bicyclic) bond motifs is 1. The fraction of sp³-hybridized carbons (Fsp3) is 0. The van der Waals surface area contributed by atoms with E-state index in [0.717, 1.165) is 16.9 Å². The number of hydrogen-bond acceptors (Lipinski definition) is 2. The van der Waals surface area contributed by atoms with Crippen molar-refractivity contribution in [1.29, 1.82) is 0 Å². The first kappa shape index (κ1) is 18.7. The van der Waals surface area contributed by atoms with Gasteiger partial charge in [0, 0.05) is 16.8 Å². The summed E-state index contributed by atoms with van der Waals surface area (Å²) in [5.41, 5.74) is 3.82. The van der Waals surface area contributed by atoms with Gasteiger partial charge in [0.05, 0.1) is 21.3 Å². The van der Waals surface area contributed by atoms with Crippen LogP contribution >= 0.6 is 23.2 Å². The lowest BCUT2D eigenvalue weighted by Crippen LogP contribution is -2.20. The van der Waals surface area contributed by atoms with E-state index in [9.17, 15) is 4.79 Å². The lowest BCUT2D eigenvalue weighted by Gasteiger charge is -2.16. The summed E-state index contributed by atoms with van der Waals surface area (Å²) in [5.74, 6) is 1.06. The molecule has 0 N–H and O–H groups in total. The molecule has 0 atom stereocenters. The highest BCUT2D eigenvalue weighted by molar-refractivity contribution is 6.43. The Morgan fingerprint density at radius 3 is 2.33 bits per heavy atom. The van der Waals surface area contributed by atoms with Gasteiger partial charge in [-0.05, 0) is 48.5 Å². The van der Waals surface area contributed by atoms with Crippen molar-refractivity contribution in [2.45, 2.75) is 0 Å². The van der Waals surface area contributed by atoms with E-state index in [0.29, 0.717) is 32.7 Å². The van der Waals surface area contributed by atoms with E-state index in [1.807, 2.05) is 78.9 Å². The summed E-state index contributed by atoms with van der Waals surface area (Å²) in [7, 11) is 0. The smallest absolute Gasteiger partial charge is 0.263 e. The van der Waals surface area contributed by atoms with Crippen LogP contribution in [0, 0.1) is 0 Å². The number of carbonyl (C=O) groups is 1. The van der Waals surface area contributed by atoms with Gasteiger partial charge in [0.25, 0.3) is 5.91 Å². The van der Waals surface area contributed by atoms with Gasteiger partial charge in [0.15, 0.2) is 0 Å². The summed E-state index contributed by atoms with van der Waals surface area (Å²) in [6.07, 6.45) is 1.77. The quantitative estimate of drug-likeness (QED) is 0.315. The molecule has 0 fully saturated rings. The Morgan fingerprint density at radius 1 is 0.767 bits per heavy atom. The lowest BCUT2D eigenvalue weighted by molar-refractivity contribution is -0.112. The number of benzene rings is 3. The van der Waals surface area contributed by atoms with Crippen LogP contribution < -0.4 is 4.90 Å². The molecule has 5 heteroatoms. The zero-order valence-electron chi connectivity index (χ0n) is 15.7. The number of halogens is 2. The maximum atomic E-state index is 13.3. The van der Waals surface area contributed by atoms with Crippen LogP contribution in [-0.4, -0.2) is 5.91 Å². The summed E-state index contributed by atoms with van der Waals surface area (Å²) >= 11 is 12.4. The van der Waals surface area contributed by atoms with E-state index in [4.69, 9.17) is 27.6 Å². The first-order valence-corrected chi connectivity index (χ1v) is 10.1. The van der Waals surface area contributed by atoms with Crippen molar-refractivity contribution in [3.8, 4) is 11.3 Å². The van der Waals surface area contributed by atoms with E-state index in [2.05, 4.69) is 0 Å². The Balaban J connectivity index is 1.57. The van der Waals surface area contributed by atoms with E-state index in [-0.39, 0.29) is 5.91 Å². The first-order chi connectivity index (χ1) is 14.6. The molecule has 2 heterocycles. The topological polar surface area (TPSA) is 33.5 Å². The average molecular weight is 432 g/mol. The number of rotatable bonds is 3. The largest absolute Gasteiger partial charge is 0.457 e. The van der Waals surface area contributed by atoms with Crippen molar-refractivity contribution in [2.24, 2.45) is 0 Å². The molecule has 1 aliphatic heterocycles. The molecule has 4 aromatic rings. The lowest BCUT2D eigenvalue weighted by atomic mass is 10.1. The fourth-order valence-corrected chi connectivity index (χ4v) is 4.02. The third-order valence-electron chi connectivity index (χ3n) is 5.01. The minimum atomic E-state index is -0.0962. The number of anilines is 2. The SMILES string of the molecule is O=C1/C(=C/c2ccc(-c3cccc(Cl)c3Cl)o2)c2ccccc2N1c1ccccc1. The van der Waals surface area contributed by atoms with Gasteiger partial charge in [-0.2, -0.15) is 0 Å². The fourth-order valence-electron chi connectivity index (χ4n) is 3.63. The second kappa shape index (κ2) is 7.52. The van der Waals surface area contributed by atoms with Gasteiger partial charge >= 0.3 is 0 Å². The number of amides is 1. The van der Waals surface area contributed by atoms with Crippen LogP contribution in [0.4, 0.5) is 11.4 Å². The molecule has 1 aromatic heterocycles. The molecular formula is C25H15Cl2NO2. The van der Waals surface area contributed by atoms with Crippen LogP contribution in [0.3, 0.4) is 0 Å². The molecule has 3 nitrogen and oxygen atoms in total. The van der Waals surface area contributed by atoms with E-state index < -0.39 is 0 Å². The maximum absolute atomic E-state index is 13.3. The van der Waals surface area contributed by atoms with Gasteiger partial charge in [0.1, 0.15) is 11.5 Å². The molecule has 1 aliphatic rings. The number of nitrogens with zero attached hydrogens (tertiary/aromatic N) is 1. The second-order valence-corrected chi connectivity index (χ2v) is 7.64. The van der Waals surface area contributed by atoms with E-state index >= 15 is 0 Å². The number of carbonyl (C=O) groups excluding carboxylic acids is 1. The van der Waals surface area contributed by atoms with E-state index in [1.54, 1.807) is 17.0 Å². The molecule has 30 heavy (non-hydrogen) atoms. The van der Waals surface area contributed by atoms with Crippen molar-refractivity contribution in [3.05, 3.63) is 106 Å². The maximum Gasteiger partial charge on any atom is 0.263 e. The Hall–Kier alpha value is -3.27. The Kier molecular flexibility index (Phi) is 4.70. The van der Waals surface area contributed by atoms with Crippen LogP contribution in [-0.2, 0) is 4.79 Å². The highest BCUT2D eigenvalue weighted by Gasteiger charge is 2.33. The van der Waals surface area contributed by atoms with Crippen LogP contribution in [0.15, 0.2) is 89.3 Å². The minimum Gasteiger partial charge on any atom is -0.457 e. The van der Waals surface area contributed by atoms with Crippen LogP contribution in [0.2, 0.25) is 10.0 Å². The van der Waals surface area contributed by atoms with Gasteiger partial charge in [-0.15, -0.1) is 0 Å². The van der Waals surface area contributed by atoms with Crippen LogP contribution in [0.1, 0.15) is 11.3 Å². The highest BCUT2D eigenvalue weighted by Crippen LogP contribution is 2.42. The third-order valence-corrected chi connectivity index (χ3v) is 5.83. The van der Waals surface area contributed by atoms with Gasteiger partial charge in [-0.1, -0.05) is 65.7 Å². The molecule has 146 valence electrons. The second-order valence-electron chi connectivity index (χ2n) is 6.85. The molecule has 0 aliphatic carbocycles. The van der Waals surface area contributed by atoms with Gasteiger partial charge in [-0.25, -0.2) is 0 Å². The van der Waals surface area contributed by atoms with Gasteiger partial charge in [-0.3, -0.25) is 9.69 Å².